The van der Waals surface area contributed by atoms with E-state index in [4.69, 9.17) is 9.47 Å². The van der Waals surface area contributed by atoms with Gasteiger partial charge in [-0.25, -0.2) is 4.39 Å². The molecular weight excluding hydrogens is 313 g/mol. The molecule has 1 N–H and O–H groups in total. The van der Waals surface area contributed by atoms with Crippen LogP contribution in [0.25, 0.3) is 0 Å². The van der Waals surface area contributed by atoms with E-state index in [0.29, 0.717) is 12.6 Å². The van der Waals surface area contributed by atoms with Crippen LogP contribution in [-0.2, 0) is 4.74 Å². The zero-order valence-electron chi connectivity index (χ0n) is 11.0. The van der Waals surface area contributed by atoms with Crippen molar-refractivity contribution in [2.24, 2.45) is 0 Å². The molecule has 5 heteroatoms. The first kappa shape index (κ1) is 14.8. The van der Waals surface area contributed by atoms with Crippen LogP contribution < -0.4 is 10.1 Å². The Bertz CT molecular complexity index is 410. The predicted molar refractivity (Wildman–Crippen MR) is 76.0 cm³/mol. The Morgan fingerprint density at radius 1 is 1.58 bits per heavy atom. The minimum Gasteiger partial charge on any atom is -0.486 e. The Labute approximate surface area is 121 Å². The fourth-order valence-electron chi connectivity index (χ4n) is 2.08. The number of nitrogens with one attached hydrogen (secondary N) is 1. The zero-order valence-corrected chi connectivity index (χ0v) is 12.6. The summed E-state index contributed by atoms with van der Waals surface area (Å²) in [6.45, 7) is 4.28. The van der Waals surface area contributed by atoms with Gasteiger partial charge in [0.25, 0.3) is 0 Å². The number of benzene rings is 1. The van der Waals surface area contributed by atoms with Gasteiger partial charge in [-0.3, -0.25) is 0 Å². The third-order valence-electron chi connectivity index (χ3n) is 3.05. The van der Waals surface area contributed by atoms with Gasteiger partial charge in [0.1, 0.15) is 6.10 Å². The number of ether oxygens (including phenoxy) is 2. The van der Waals surface area contributed by atoms with E-state index in [-0.39, 0.29) is 17.7 Å². The van der Waals surface area contributed by atoms with Crippen LogP contribution in [-0.4, -0.2) is 31.9 Å². The van der Waals surface area contributed by atoms with Gasteiger partial charge in [0.05, 0.1) is 6.10 Å². The van der Waals surface area contributed by atoms with Crippen molar-refractivity contribution in [1.82, 2.24) is 5.32 Å². The summed E-state index contributed by atoms with van der Waals surface area (Å²) in [7, 11) is 0. The van der Waals surface area contributed by atoms with Gasteiger partial charge < -0.3 is 14.8 Å². The highest BCUT2D eigenvalue weighted by Gasteiger charge is 2.15. The van der Waals surface area contributed by atoms with Crippen LogP contribution in [0, 0.1) is 5.82 Å². The largest absolute Gasteiger partial charge is 0.486 e. The van der Waals surface area contributed by atoms with Crippen LogP contribution in [0.4, 0.5) is 4.39 Å². The molecule has 19 heavy (non-hydrogen) atoms. The summed E-state index contributed by atoms with van der Waals surface area (Å²) in [5.41, 5.74) is 0. The molecule has 1 aliphatic rings. The smallest absolute Gasteiger partial charge is 0.165 e. The third-order valence-corrected chi connectivity index (χ3v) is 3.54. The molecule has 1 saturated heterocycles. The predicted octanol–water partition coefficient (Wildman–Crippen LogP) is 3.12. The average molecular weight is 332 g/mol. The summed E-state index contributed by atoms with van der Waals surface area (Å²) in [6, 6.07) is 4.69. The second-order valence-corrected chi connectivity index (χ2v) is 5.71. The maximum atomic E-state index is 13.5. The standard InChI is InChI=1S/C14H19BrFNO2/c1-10(8-17-9-12-3-2-6-18-12)19-14-7-11(15)4-5-13(14)16/h4-5,7,10,12,17H,2-3,6,8-9H2,1H3. The van der Waals surface area contributed by atoms with E-state index in [1.54, 1.807) is 12.1 Å². The summed E-state index contributed by atoms with van der Waals surface area (Å²) < 4.78 is 25.4. The fraction of sp³-hybridized carbons (Fsp3) is 0.571. The molecule has 0 radical (unpaired) electrons. The maximum absolute atomic E-state index is 13.5. The van der Waals surface area contributed by atoms with Crippen LogP contribution in [0.1, 0.15) is 19.8 Å². The number of rotatable bonds is 6. The van der Waals surface area contributed by atoms with E-state index >= 15 is 0 Å². The molecule has 0 amide bonds. The number of hydrogen-bond donors (Lipinski definition) is 1. The van der Waals surface area contributed by atoms with Crippen molar-refractivity contribution in [1.29, 1.82) is 0 Å². The van der Waals surface area contributed by atoms with Gasteiger partial charge in [0.2, 0.25) is 0 Å². The van der Waals surface area contributed by atoms with Gasteiger partial charge in [0.15, 0.2) is 11.6 Å². The molecular formula is C14H19BrFNO2. The lowest BCUT2D eigenvalue weighted by molar-refractivity contribution is 0.106. The Hall–Kier alpha value is -0.650. The molecule has 106 valence electrons. The lowest BCUT2D eigenvalue weighted by Crippen LogP contribution is -2.34. The van der Waals surface area contributed by atoms with Crippen molar-refractivity contribution in [3.8, 4) is 5.75 Å². The lowest BCUT2D eigenvalue weighted by atomic mass is 10.2. The van der Waals surface area contributed by atoms with Gasteiger partial charge in [-0.05, 0) is 38.0 Å². The first-order valence-electron chi connectivity index (χ1n) is 6.59. The van der Waals surface area contributed by atoms with Crippen molar-refractivity contribution in [2.45, 2.75) is 32.0 Å². The maximum Gasteiger partial charge on any atom is 0.165 e. The summed E-state index contributed by atoms with van der Waals surface area (Å²) >= 11 is 3.30. The highest BCUT2D eigenvalue weighted by molar-refractivity contribution is 9.10. The normalized spacial score (nSPS) is 20.5. The van der Waals surface area contributed by atoms with Crippen LogP contribution in [0.2, 0.25) is 0 Å². The highest BCUT2D eigenvalue weighted by Crippen LogP contribution is 2.23. The average Bonchev–Trinajstić information content (AvgIpc) is 2.87. The molecule has 0 saturated carbocycles. The fourth-order valence-corrected chi connectivity index (χ4v) is 2.42. The first-order chi connectivity index (χ1) is 9.15. The molecule has 1 aromatic rings. The monoisotopic (exact) mass is 331 g/mol. The summed E-state index contributed by atoms with van der Waals surface area (Å²) in [5, 5.41) is 3.30. The zero-order chi connectivity index (χ0) is 13.7. The van der Waals surface area contributed by atoms with Crippen LogP contribution in [0.3, 0.4) is 0 Å². The Kier molecular flexibility index (Phi) is 5.60. The van der Waals surface area contributed by atoms with Crippen molar-refractivity contribution >= 4 is 15.9 Å². The van der Waals surface area contributed by atoms with E-state index in [2.05, 4.69) is 21.2 Å². The number of halogens is 2. The molecule has 2 atom stereocenters. The lowest BCUT2D eigenvalue weighted by Gasteiger charge is -2.17. The first-order valence-corrected chi connectivity index (χ1v) is 7.38. The third kappa shape index (κ3) is 4.75. The molecule has 1 heterocycles. The van der Waals surface area contributed by atoms with Gasteiger partial charge in [-0.2, -0.15) is 0 Å². The van der Waals surface area contributed by atoms with Crippen LogP contribution in [0.5, 0.6) is 5.75 Å². The Morgan fingerprint density at radius 3 is 3.16 bits per heavy atom. The van der Waals surface area contributed by atoms with Crippen molar-refractivity contribution in [3.63, 3.8) is 0 Å². The Balaban J connectivity index is 1.73. The highest BCUT2D eigenvalue weighted by atomic mass is 79.9. The second kappa shape index (κ2) is 7.22. The molecule has 2 unspecified atom stereocenters. The van der Waals surface area contributed by atoms with Gasteiger partial charge in [0, 0.05) is 24.2 Å². The van der Waals surface area contributed by atoms with Crippen LogP contribution in [0.15, 0.2) is 22.7 Å². The molecule has 0 bridgehead atoms. The Morgan fingerprint density at radius 2 is 2.42 bits per heavy atom. The molecule has 2 rings (SSSR count). The molecule has 1 aliphatic heterocycles. The van der Waals surface area contributed by atoms with E-state index in [0.717, 1.165) is 30.5 Å². The molecule has 3 nitrogen and oxygen atoms in total. The van der Waals surface area contributed by atoms with Crippen molar-refractivity contribution in [2.75, 3.05) is 19.7 Å². The molecule has 1 fully saturated rings. The second-order valence-electron chi connectivity index (χ2n) is 4.80. The van der Waals surface area contributed by atoms with Crippen molar-refractivity contribution in [3.05, 3.63) is 28.5 Å². The molecule has 0 spiro atoms. The van der Waals surface area contributed by atoms with Gasteiger partial charge in [-0.15, -0.1) is 0 Å². The van der Waals surface area contributed by atoms with E-state index in [9.17, 15) is 4.39 Å². The molecule has 0 aromatic heterocycles. The minimum atomic E-state index is -0.339. The minimum absolute atomic E-state index is 0.0924. The quantitative estimate of drug-likeness (QED) is 0.868. The van der Waals surface area contributed by atoms with Gasteiger partial charge >= 0.3 is 0 Å². The van der Waals surface area contributed by atoms with E-state index in [1.807, 2.05) is 6.92 Å². The molecule has 0 aliphatic carbocycles. The summed E-state index contributed by atoms with van der Waals surface area (Å²) in [5.74, 6) is -0.0602. The molecule has 1 aromatic carbocycles. The number of hydrogen-bond acceptors (Lipinski definition) is 3. The SMILES string of the molecule is CC(CNCC1CCCO1)Oc1cc(Br)ccc1F. The van der Waals surface area contributed by atoms with E-state index in [1.165, 1.54) is 6.07 Å². The summed E-state index contributed by atoms with van der Waals surface area (Å²) in [4.78, 5) is 0. The summed E-state index contributed by atoms with van der Waals surface area (Å²) in [6.07, 6.45) is 2.48. The topological polar surface area (TPSA) is 30.5 Å². The van der Waals surface area contributed by atoms with Crippen LogP contribution >= 0.6 is 15.9 Å². The van der Waals surface area contributed by atoms with E-state index < -0.39 is 0 Å². The van der Waals surface area contributed by atoms with Crippen molar-refractivity contribution < 1.29 is 13.9 Å². The van der Waals surface area contributed by atoms with Gasteiger partial charge in [-0.1, -0.05) is 15.9 Å².